The minimum atomic E-state index is -0.233. The zero-order chi connectivity index (χ0) is 15.7. The average molecular weight is 298 g/mol. The van der Waals surface area contributed by atoms with Gasteiger partial charge < -0.3 is 19.7 Å². The number of phenols is 2. The molecule has 0 radical (unpaired) electrons. The Morgan fingerprint density at radius 2 is 1.95 bits per heavy atom. The second-order valence-electron chi connectivity index (χ2n) is 4.90. The topological polar surface area (TPSA) is 76.0 Å². The Bertz CT molecular complexity index is 777. The summed E-state index contributed by atoms with van der Waals surface area (Å²) in [6, 6.07) is 9.41. The molecule has 0 fully saturated rings. The standard InChI is InChI=1S/C17H14O5/c1-21-12-3-4-13-16(8-12)22-9-11(17(13)20)6-10-2-5-14(18)15(19)7-10/h2-8,18-19H,9H2,1H3/b11-6+. The second kappa shape index (κ2) is 5.44. The molecule has 0 atom stereocenters. The van der Waals surface area contributed by atoms with Crippen LogP contribution in [-0.2, 0) is 0 Å². The zero-order valence-corrected chi connectivity index (χ0v) is 11.9. The van der Waals surface area contributed by atoms with Crippen molar-refractivity contribution in [3.63, 3.8) is 0 Å². The first-order valence-corrected chi connectivity index (χ1v) is 6.66. The predicted octanol–water partition coefficient (Wildman–Crippen LogP) is 2.77. The summed E-state index contributed by atoms with van der Waals surface area (Å²) in [5.74, 6) is 0.559. The number of rotatable bonds is 2. The molecule has 0 saturated carbocycles. The van der Waals surface area contributed by atoms with Crippen LogP contribution in [-0.4, -0.2) is 29.7 Å². The van der Waals surface area contributed by atoms with E-state index >= 15 is 0 Å². The van der Waals surface area contributed by atoms with Gasteiger partial charge in [-0.25, -0.2) is 0 Å². The fourth-order valence-corrected chi connectivity index (χ4v) is 2.27. The van der Waals surface area contributed by atoms with E-state index in [1.54, 1.807) is 37.5 Å². The van der Waals surface area contributed by atoms with Gasteiger partial charge in [-0.1, -0.05) is 6.07 Å². The number of ketones is 1. The lowest BCUT2D eigenvalue weighted by molar-refractivity contribution is 0.100. The van der Waals surface area contributed by atoms with Crippen LogP contribution >= 0.6 is 0 Å². The summed E-state index contributed by atoms with van der Waals surface area (Å²) in [5, 5.41) is 18.8. The molecular weight excluding hydrogens is 284 g/mol. The van der Waals surface area contributed by atoms with Gasteiger partial charge >= 0.3 is 0 Å². The molecule has 5 heteroatoms. The highest BCUT2D eigenvalue weighted by atomic mass is 16.5. The molecule has 2 N–H and O–H groups in total. The van der Waals surface area contributed by atoms with Crippen LogP contribution in [0.1, 0.15) is 15.9 Å². The van der Waals surface area contributed by atoms with Crippen LogP contribution in [0.15, 0.2) is 42.0 Å². The van der Waals surface area contributed by atoms with Crippen LogP contribution in [0.25, 0.3) is 6.08 Å². The van der Waals surface area contributed by atoms with Crippen molar-refractivity contribution < 1.29 is 24.5 Å². The van der Waals surface area contributed by atoms with Gasteiger partial charge in [-0.2, -0.15) is 0 Å². The van der Waals surface area contributed by atoms with E-state index in [2.05, 4.69) is 0 Å². The molecular formula is C17H14O5. The Balaban J connectivity index is 1.95. The van der Waals surface area contributed by atoms with Crippen LogP contribution in [0.3, 0.4) is 0 Å². The monoisotopic (exact) mass is 298 g/mol. The first kappa shape index (κ1) is 14.0. The van der Waals surface area contributed by atoms with E-state index in [-0.39, 0.29) is 23.9 Å². The quantitative estimate of drug-likeness (QED) is 0.658. The van der Waals surface area contributed by atoms with Crippen molar-refractivity contribution in [1.29, 1.82) is 0 Å². The highest BCUT2D eigenvalue weighted by Gasteiger charge is 2.23. The molecule has 0 amide bonds. The Morgan fingerprint density at radius 3 is 2.68 bits per heavy atom. The van der Waals surface area contributed by atoms with Crippen molar-refractivity contribution >= 4 is 11.9 Å². The van der Waals surface area contributed by atoms with Crippen LogP contribution in [0, 0.1) is 0 Å². The lowest BCUT2D eigenvalue weighted by Crippen LogP contribution is -2.19. The Kier molecular flexibility index (Phi) is 3.47. The van der Waals surface area contributed by atoms with Gasteiger partial charge in [0.25, 0.3) is 0 Å². The number of hydrogen-bond acceptors (Lipinski definition) is 5. The van der Waals surface area contributed by atoms with Crippen molar-refractivity contribution in [3.05, 3.63) is 53.1 Å². The van der Waals surface area contributed by atoms with Crippen molar-refractivity contribution in [2.45, 2.75) is 0 Å². The highest BCUT2D eigenvalue weighted by molar-refractivity contribution is 6.14. The summed E-state index contributed by atoms with van der Waals surface area (Å²) < 4.78 is 10.7. The van der Waals surface area contributed by atoms with Crippen molar-refractivity contribution in [2.24, 2.45) is 0 Å². The Hall–Kier alpha value is -2.95. The molecule has 1 heterocycles. The third-order valence-electron chi connectivity index (χ3n) is 3.45. The van der Waals surface area contributed by atoms with Crippen molar-refractivity contribution in [2.75, 3.05) is 13.7 Å². The molecule has 1 aliphatic rings. The normalized spacial score (nSPS) is 15.3. The van der Waals surface area contributed by atoms with Gasteiger partial charge in [0.1, 0.15) is 18.1 Å². The number of methoxy groups -OCH3 is 1. The maximum Gasteiger partial charge on any atom is 0.196 e. The summed E-state index contributed by atoms with van der Waals surface area (Å²) in [5.41, 5.74) is 1.56. The average Bonchev–Trinajstić information content (AvgIpc) is 2.53. The predicted molar refractivity (Wildman–Crippen MR) is 80.6 cm³/mol. The number of benzene rings is 2. The Morgan fingerprint density at radius 1 is 1.14 bits per heavy atom. The third-order valence-corrected chi connectivity index (χ3v) is 3.45. The van der Waals surface area contributed by atoms with E-state index in [4.69, 9.17) is 9.47 Å². The highest BCUT2D eigenvalue weighted by Crippen LogP contribution is 2.32. The molecule has 2 aromatic rings. The summed E-state index contributed by atoms with van der Waals surface area (Å²) in [6.07, 6.45) is 1.63. The molecule has 0 aliphatic carbocycles. The van der Waals surface area contributed by atoms with Gasteiger partial charge in [0.15, 0.2) is 17.3 Å². The van der Waals surface area contributed by atoms with E-state index in [0.29, 0.717) is 28.2 Å². The van der Waals surface area contributed by atoms with E-state index in [9.17, 15) is 15.0 Å². The molecule has 3 rings (SSSR count). The van der Waals surface area contributed by atoms with Crippen molar-refractivity contribution in [3.8, 4) is 23.0 Å². The molecule has 22 heavy (non-hydrogen) atoms. The molecule has 112 valence electrons. The van der Waals surface area contributed by atoms with Gasteiger partial charge in [-0.05, 0) is 35.9 Å². The summed E-state index contributed by atoms with van der Waals surface area (Å²) in [7, 11) is 1.55. The molecule has 0 aromatic heterocycles. The summed E-state index contributed by atoms with van der Waals surface area (Å²) >= 11 is 0. The van der Waals surface area contributed by atoms with Gasteiger partial charge in [0.05, 0.1) is 12.7 Å². The van der Waals surface area contributed by atoms with E-state index < -0.39 is 0 Å². The summed E-state index contributed by atoms with van der Waals surface area (Å²) in [4.78, 5) is 12.5. The van der Waals surface area contributed by atoms with E-state index in [1.165, 1.54) is 12.1 Å². The molecule has 5 nitrogen and oxygen atoms in total. The number of fused-ring (bicyclic) bond motifs is 1. The molecule has 0 saturated heterocycles. The Labute approximate surface area is 127 Å². The first-order chi connectivity index (χ1) is 10.6. The molecule has 0 bridgehead atoms. The van der Waals surface area contributed by atoms with Gasteiger partial charge in [0, 0.05) is 11.6 Å². The maximum atomic E-state index is 12.5. The number of phenolic OH excluding ortho intramolecular Hbond substituents is 2. The van der Waals surface area contributed by atoms with Gasteiger partial charge in [-0.3, -0.25) is 4.79 Å². The SMILES string of the molecule is COc1ccc2c(c1)OC/C(=C\c1ccc(O)c(O)c1)C2=O. The number of Topliss-reactive ketones (excluding diaryl/α,β-unsaturated/α-hetero) is 1. The molecule has 2 aromatic carbocycles. The van der Waals surface area contributed by atoms with Crippen LogP contribution in [0.5, 0.6) is 23.0 Å². The van der Waals surface area contributed by atoms with Crippen LogP contribution in [0.2, 0.25) is 0 Å². The van der Waals surface area contributed by atoms with E-state index in [1.807, 2.05) is 0 Å². The van der Waals surface area contributed by atoms with E-state index in [0.717, 1.165) is 0 Å². The lowest BCUT2D eigenvalue weighted by atomic mass is 9.98. The fourth-order valence-electron chi connectivity index (χ4n) is 2.27. The number of carbonyl (C=O) groups is 1. The largest absolute Gasteiger partial charge is 0.504 e. The number of carbonyl (C=O) groups excluding carboxylic acids is 1. The van der Waals surface area contributed by atoms with Crippen molar-refractivity contribution in [1.82, 2.24) is 0 Å². The zero-order valence-electron chi connectivity index (χ0n) is 11.9. The molecule has 0 spiro atoms. The molecule has 1 aliphatic heterocycles. The fraction of sp³-hybridized carbons (Fsp3) is 0.118. The minimum absolute atomic E-state index is 0.128. The van der Waals surface area contributed by atoms with Crippen LogP contribution in [0.4, 0.5) is 0 Å². The van der Waals surface area contributed by atoms with Gasteiger partial charge in [-0.15, -0.1) is 0 Å². The number of hydrogen-bond donors (Lipinski definition) is 2. The maximum absolute atomic E-state index is 12.5. The second-order valence-corrected chi connectivity index (χ2v) is 4.90. The van der Waals surface area contributed by atoms with Crippen LogP contribution < -0.4 is 9.47 Å². The third kappa shape index (κ3) is 2.48. The molecule has 0 unspecified atom stereocenters. The van der Waals surface area contributed by atoms with Gasteiger partial charge in [0.2, 0.25) is 0 Å². The summed E-state index contributed by atoms with van der Waals surface area (Å²) in [6.45, 7) is 0.140. The first-order valence-electron chi connectivity index (χ1n) is 6.66. The lowest BCUT2D eigenvalue weighted by Gasteiger charge is -2.19. The minimum Gasteiger partial charge on any atom is -0.504 e. The number of aromatic hydroxyl groups is 2. The smallest absolute Gasteiger partial charge is 0.196 e. The number of ether oxygens (including phenoxy) is 2.